The topological polar surface area (TPSA) is 66.6 Å². The van der Waals surface area contributed by atoms with Crippen molar-refractivity contribution in [2.75, 3.05) is 13.1 Å². The average molecular weight is 290 g/mol. The third-order valence-electron chi connectivity index (χ3n) is 4.41. The van der Waals surface area contributed by atoms with Gasteiger partial charge in [-0.05, 0) is 38.7 Å². The molecule has 0 bridgehead atoms. The molecule has 2 atom stereocenters. The fraction of sp³-hybridized carbons (Fsp3) is 0.588. The molecular formula is C17H26N2O2. The number of carbonyl (C=O) groups excluding carboxylic acids is 1. The summed E-state index contributed by atoms with van der Waals surface area (Å²) in [5.74, 6) is 0.104. The maximum absolute atomic E-state index is 12.6. The van der Waals surface area contributed by atoms with Crippen molar-refractivity contribution in [3.63, 3.8) is 0 Å². The Hall–Kier alpha value is -1.39. The van der Waals surface area contributed by atoms with Gasteiger partial charge in [-0.1, -0.05) is 30.3 Å². The Morgan fingerprint density at radius 2 is 2.10 bits per heavy atom. The summed E-state index contributed by atoms with van der Waals surface area (Å²) in [6, 6.07) is 9.75. The summed E-state index contributed by atoms with van der Waals surface area (Å²) in [5, 5.41) is 10.4. The Labute approximate surface area is 126 Å². The van der Waals surface area contributed by atoms with Gasteiger partial charge in [0.15, 0.2) is 0 Å². The predicted octanol–water partition coefficient (Wildman–Crippen LogP) is 2.09. The lowest BCUT2D eigenvalue weighted by molar-refractivity contribution is -0.141. The molecule has 21 heavy (non-hydrogen) atoms. The van der Waals surface area contributed by atoms with Crippen molar-refractivity contribution in [1.82, 2.24) is 4.90 Å². The van der Waals surface area contributed by atoms with Crippen LogP contribution in [0.4, 0.5) is 0 Å². The predicted molar refractivity (Wildman–Crippen MR) is 83.6 cm³/mol. The zero-order chi connectivity index (χ0) is 15.5. The summed E-state index contributed by atoms with van der Waals surface area (Å²) >= 11 is 0. The molecule has 0 aliphatic carbocycles. The molecule has 1 aromatic carbocycles. The summed E-state index contributed by atoms with van der Waals surface area (Å²) in [6.07, 6.45) is 2.02. The number of aliphatic hydroxyl groups is 1. The van der Waals surface area contributed by atoms with E-state index in [1.807, 2.05) is 49.1 Å². The quantitative estimate of drug-likeness (QED) is 0.872. The van der Waals surface area contributed by atoms with Crippen molar-refractivity contribution in [3.05, 3.63) is 35.9 Å². The molecule has 4 heteroatoms. The molecular weight excluding hydrogens is 264 g/mol. The van der Waals surface area contributed by atoms with Gasteiger partial charge in [-0.25, -0.2) is 0 Å². The summed E-state index contributed by atoms with van der Waals surface area (Å²) in [5.41, 5.74) is 6.10. The molecule has 1 aromatic rings. The fourth-order valence-electron chi connectivity index (χ4n) is 2.89. The van der Waals surface area contributed by atoms with Crippen LogP contribution in [0.25, 0.3) is 0 Å². The Kier molecular flexibility index (Phi) is 5.01. The fourth-order valence-corrected chi connectivity index (χ4v) is 2.89. The van der Waals surface area contributed by atoms with Crippen LogP contribution in [0.3, 0.4) is 0 Å². The number of hydrogen-bond donors (Lipinski definition) is 2. The zero-order valence-electron chi connectivity index (χ0n) is 13.0. The second kappa shape index (κ2) is 6.58. The van der Waals surface area contributed by atoms with Crippen LogP contribution < -0.4 is 5.73 Å². The van der Waals surface area contributed by atoms with Crippen LogP contribution in [-0.2, 0) is 4.79 Å². The lowest BCUT2D eigenvalue weighted by atomic mass is 9.91. The van der Waals surface area contributed by atoms with Crippen LogP contribution in [0.5, 0.6) is 0 Å². The molecule has 1 amide bonds. The lowest BCUT2D eigenvalue weighted by Gasteiger charge is -2.33. The first-order valence-electron chi connectivity index (χ1n) is 7.70. The van der Waals surface area contributed by atoms with Crippen molar-refractivity contribution < 1.29 is 9.90 Å². The first kappa shape index (κ1) is 16.0. The number of benzene rings is 1. The smallest absolute Gasteiger partial charge is 0.229 e. The maximum atomic E-state index is 12.6. The van der Waals surface area contributed by atoms with Gasteiger partial charge in [-0.15, -0.1) is 0 Å². The SMILES string of the molecule is CC(C)(CN)C(=O)N1CCCC1CC(O)c1ccccc1. The monoisotopic (exact) mass is 290 g/mol. The van der Waals surface area contributed by atoms with Crippen molar-refractivity contribution in [1.29, 1.82) is 0 Å². The highest BCUT2D eigenvalue weighted by Gasteiger charge is 2.37. The van der Waals surface area contributed by atoms with E-state index >= 15 is 0 Å². The number of hydrogen-bond acceptors (Lipinski definition) is 3. The second-order valence-corrected chi connectivity index (χ2v) is 6.54. The molecule has 2 rings (SSSR count). The van der Waals surface area contributed by atoms with Gasteiger partial charge in [0.25, 0.3) is 0 Å². The Morgan fingerprint density at radius 3 is 2.71 bits per heavy atom. The van der Waals surface area contributed by atoms with Gasteiger partial charge in [0.2, 0.25) is 5.91 Å². The molecule has 1 fully saturated rings. The minimum absolute atomic E-state index is 0.104. The van der Waals surface area contributed by atoms with Crippen molar-refractivity contribution in [2.24, 2.45) is 11.1 Å². The van der Waals surface area contributed by atoms with Crippen LogP contribution in [-0.4, -0.2) is 35.0 Å². The molecule has 3 N–H and O–H groups in total. The number of amides is 1. The molecule has 0 aromatic heterocycles. The van der Waals surface area contributed by atoms with E-state index in [2.05, 4.69) is 0 Å². The standard InChI is InChI=1S/C17H26N2O2/c1-17(2,12-18)16(21)19-10-6-9-14(19)11-15(20)13-7-4-3-5-8-13/h3-5,7-8,14-15,20H,6,9-12,18H2,1-2H3. The van der Waals surface area contributed by atoms with Crippen LogP contribution in [0.2, 0.25) is 0 Å². The largest absolute Gasteiger partial charge is 0.388 e. The van der Waals surface area contributed by atoms with E-state index in [0.29, 0.717) is 13.0 Å². The van der Waals surface area contributed by atoms with Crippen LogP contribution in [0.15, 0.2) is 30.3 Å². The van der Waals surface area contributed by atoms with E-state index in [9.17, 15) is 9.90 Å². The molecule has 1 aliphatic heterocycles. The highest BCUT2D eigenvalue weighted by Crippen LogP contribution is 2.30. The van der Waals surface area contributed by atoms with Gasteiger partial charge in [-0.3, -0.25) is 4.79 Å². The van der Waals surface area contributed by atoms with Crippen molar-refractivity contribution >= 4 is 5.91 Å². The van der Waals surface area contributed by atoms with Crippen molar-refractivity contribution in [2.45, 2.75) is 45.3 Å². The molecule has 116 valence electrons. The van der Waals surface area contributed by atoms with Crippen LogP contribution in [0.1, 0.15) is 44.8 Å². The number of nitrogens with two attached hydrogens (primary N) is 1. The normalized spacial score (nSPS) is 20.6. The highest BCUT2D eigenvalue weighted by molar-refractivity contribution is 5.82. The van der Waals surface area contributed by atoms with Gasteiger partial charge >= 0.3 is 0 Å². The summed E-state index contributed by atoms with van der Waals surface area (Å²) in [6.45, 7) is 4.89. The number of nitrogens with zero attached hydrogens (tertiary/aromatic N) is 1. The summed E-state index contributed by atoms with van der Waals surface area (Å²) in [4.78, 5) is 14.5. The highest BCUT2D eigenvalue weighted by atomic mass is 16.3. The zero-order valence-corrected chi connectivity index (χ0v) is 13.0. The van der Waals surface area contributed by atoms with Gasteiger partial charge in [0.05, 0.1) is 11.5 Å². The summed E-state index contributed by atoms with van der Waals surface area (Å²) < 4.78 is 0. The number of rotatable bonds is 5. The van der Waals surface area contributed by atoms with Gasteiger partial charge < -0.3 is 15.7 Å². The van der Waals surface area contributed by atoms with Crippen LogP contribution >= 0.6 is 0 Å². The molecule has 2 unspecified atom stereocenters. The third kappa shape index (κ3) is 3.63. The maximum Gasteiger partial charge on any atom is 0.229 e. The molecule has 1 aliphatic rings. The average Bonchev–Trinajstić information content (AvgIpc) is 2.95. The molecule has 1 saturated heterocycles. The second-order valence-electron chi connectivity index (χ2n) is 6.54. The molecule has 0 spiro atoms. The van der Waals surface area contributed by atoms with Gasteiger partial charge in [-0.2, -0.15) is 0 Å². The van der Waals surface area contributed by atoms with E-state index in [1.165, 1.54) is 0 Å². The van der Waals surface area contributed by atoms with E-state index in [-0.39, 0.29) is 11.9 Å². The van der Waals surface area contributed by atoms with E-state index < -0.39 is 11.5 Å². The Morgan fingerprint density at radius 1 is 1.43 bits per heavy atom. The summed E-state index contributed by atoms with van der Waals surface area (Å²) in [7, 11) is 0. The lowest BCUT2D eigenvalue weighted by Crippen LogP contribution is -2.47. The number of likely N-dealkylation sites (tertiary alicyclic amines) is 1. The minimum atomic E-state index is -0.527. The van der Waals surface area contributed by atoms with Gasteiger partial charge in [0, 0.05) is 19.1 Å². The number of aliphatic hydroxyl groups excluding tert-OH is 1. The van der Waals surface area contributed by atoms with Gasteiger partial charge in [0.1, 0.15) is 0 Å². The van der Waals surface area contributed by atoms with E-state index in [0.717, 1.165) is 24.9 Å². The molecule has 4 nitrogen and oxygen atoms in total. The van der Waals surface area contributed by atoms with Crippen molar-refractivity contribution in [3.8, 4) is 0 Å². The number of carbonyl (C=O) groups is 1. The first-order valence-corrected chi connectivity index (χ1v) is 7.70. The molecule has 0 radical (unpaired) electrons. The minimum Gasteiger partial charge on any atom is -0.388 e. The molecule has 1 heterocycles. The Bertz CT molecular complexity index is 473. The first-order chi connectivity index (χ1) is 9.95. The van der Waals surface area contributed by atoms with Crippen LogP contribution in [0, 0.1) is 5.41 Å². The van der Waals surface area contributed by atoms with E-state index in [4.69, 9.17) is 5.73 Å². The Balaban J connectivity index is 2.04. The van der Waals surface area contributed by atoms with E-state index in [1.54, 1.807) is 0 Å². The molecule has 0 saturated carbocycles. The third-order valence-corrected chi connectivity index (χ3v) is 4.41.